The van der Waals surface area contributed by atoms with E-state index in [0.29, 0.717) is 13.2 Å². The third-order valence-corrected chi connectivity index (χ3v) is 3.16. The molecule has 0 amide bonds. The Morgan fingerprint density at radius 1 is 1.05 bits per heavy atom. The van der Waals surface area contributed by atoms with Crippen molar-refractivity contribution in [3.8, 4) is 5.75 Å². The van der Waals surface area contributed by atoms with Gasteiger partial charge in [0.05, 0.1) is 13.2 Å². The molecule has 0 aromatic heterocycles. The Balaban J connectivity index is 2.24. The fourth-order valence-electron chi connectivity index (χ4n) is 2.18. The molecule has 0 radical (unpaired) electrons. The quantitative estimate of drug-likeness (QED) is 0.876. The highest BCUT2D eigenvalue weighted by atomic mass is 16.5. The van der Waals surface area contributed by atoms with E-state index in [1.807, 2.05) is 55.5 Å². The van der Waals surface area contributed by atoms with Crippen LogP contribution in [0.25, 0.3) is 0 Å². The fraction of sp³-hybridized carbons (Fsp3) is 0.294. The first-order chi connectivity index (χ1) is 9.76. The maximum absolute atomic E-state index is 10.5. The lowest BCUT2D eigenvalue weighted by Gasteiger charge is -2.16. The first kappa shape index (κ1) is 14.6. The fourth-order valence-corrected chi connectivity index (χ4v) is 2.18. The lowest BCUT2D eigenvalue weighted by Crippen LogP contribution is -2.04. The number of methoxy groups -OCH3 is 1. The van der Waals surface area contributed by atoms with Gasteiger partial charge in [-0.1, -0.05) is 36.4 Å². The van der Waals surface area contributed by atoms with E-state index in [2.05, 4.69) is 0 Å². The standard InChI is InChI=1S/C17H20O3/c1-3-20-15-10-8-13(9-11-15)17(18)16-7-5-4-6-14(16)12-19-2/h4-11,17-18H,3,12H2,1-2H3. The van der Waals surface area contributed by atoms with Crippen LogP contribution in [0.4, 0.5) is 0 Å². The van der Waals surface area contributed by atoms with E-state index in [9.17, 15) is 5.11 Å². The maximum atomic E-state index is 10.5. The van der Waals surface area contributed by atoms with Crippen molar-refractivity contribution < 1.29 is 14.6 Å². The molecule has 0 aliphatic carbocycles. The van der Waals surface area contributed by atoms with Crippen molar-refractivity contribution in [2.75, 3.05) is 13.7 Å². The number of hydrogen-bond acceptors (Lipinski definition) is 3. The largest absolute Gasteiger partial charge is 0.494 e. The van der Waals surface area contributed by atoms with Crippen LogP contribution in [0.2, 0.25) is 0 Å². The Hall–Kier alpha value is -1.84. The zero-order valence-electron chi connectivity index (χ0n) is 11.9. The lowest BCUT2D eigenvalue weighted by molar-refractivity contribution is 0.176. The van der Waals surface area contributed by atoms with Crippen molar-refractivity contribution in [1.29, 1.82) is 0 Å². The van der Waals surface area contributed by atoms with Gasteiger partial charge >= 0.3 is 0 Å². The van der Waals surface area contributed by atoms with Gasteiger partial charge in [0.1, 0.15) is 11.9 Å². The second-order valence-electron chi connectivity index (χ2n) is 4.54. The Bertz CT molecular complexity index is 534. The van der Waals surface area contributed by atoms with Gasteiger partial charge in [-0.2, -0.15) is 0 Å². The van der Waals surface area contributed by atoms with Gasteiger partial charge in [0.15, 0.2) is 0 Å². The minimum atomic E-state index is -0.656. The van der Waals surface area contributed by atoms with Crippen molar-refractivity contribution in [3.05, 3.63) is 65.2 Å². The van der Waals surface area contributed by atoms with Crippen LogP contribution in [0.5, 0.6) is 5.75 Å². The summed E-state index contributed by atoms with van der Waals surface area (Å²) in [5, 5.41) is 10.5. The number of rotatable bonds is 6. The van der Waals surface area contributed by atoms with Crippen LogP contribution in [0.15, 0.2) is 48.5 Å². The zero-order chi connectivity index (χ0) is 14.4. The molecular weight excluding hydrogens is 252 g/mol. The van der Waals surface area contributed by atoms with Gasteiger partial charge in [0.25, 0.3) is 0 Å². The van der Waals surface area contributed by atoms with Crippen LogP contribution in [0.1, 0.15) is 29.7 Å². The van der Waals surface area contributed by atoms with Gasteiger partial charge in [-0.3, -0.25) is 0 Å². The highest BCUT2D eigenvalue weighted by molar-refractivity contribution is 5.37. The summed E-state index contributed by atoms with van der Waals surface area (Å²) in [4.78, 5) is 0. The first-order valence-electron chi connectivity index (χ1n) is 6.73. The van der Waals surface area contributed by atoms with Crippen LogP contribution >= 0.6 is 0 Å². The molecule has 106 valence electrons. The van der Waals surface area contributed by atoms with Crippen molar-refractivity contribution in [2.45, 2.75) is 19.6 Å². The molecule has 2 aromatic rings. The summed E-state index contributed by atoms with van der Waals surface area (Å²) >= 11 is 0. The molecular formula is C17H20O3. The van der Waals surface area contributed by atoms with Crippen LogP contribution < -0.4 is 4.74 Å². The molecule has 0 saturated heterocycles. The summed E-state index contributed by atoms with van der Waals surface area (Å²) in [6, 6.07) is 15.3. The van der Waals surface area contributed by atoms with Crippen molar-refractivity contribution >= 4 is 0 Å². The molecule has 3 heteroatoms. The molecule has 1 N–H and O–H groups in total. The third-order valence-electron chi connectivity index (χ3n) is 3.16. The predicted octanol–water partition coefficient (Wildman–Crippen LogP) is 3.31. The van der Waals surface area contributed by atoms with E-state index in [1.54, 1.807) is 7.11 Å². The number of benzene rings is 2. The van der Waals surface area contributed by atoms with E-state index in [4.69, 9.17) is 9.47 Å². The molecule has 2 rings (SSSR count). The van der Waals surface area contributed by atoms with Gasteiger partial charge in [0.2, 0.25) is 0 Å². The Labute approximate surface area is 119 Å². The van der Waals surface area contributed by atoms with Crippen molar-refractivity contribution in [2.24, 2.45) is 0 Å². The second-order valence-corrected chi connectivity index (χ2v) is 4.54. The molecule has 20 heavy (non-hydrogen) atoms. The molecule has 2 aromatic carbocycles. The summed E-state index contributed by atoms with van der Waals surface area (Å²) in [5.41, 5.74) is 2.71. The normalized spacial score (nSPS) is 12.2. The van der Waals surface area contributed by atoms with E-state index in [1.165, 1.54) is 0 Å². The van der Waals surface area contributed by atoms with Gasteiger partial charge in [-0.05, 0) is 35.7 Å². The Kier molecular flexibility index (Phi) is 5.16. The van der Waals surface area contributed by atoms with Gasteiger partial charge in [0, 0.05) is 7.11 Å². The maximum Gasteiger partial charge on any atom is 0.119 e. The lowest BCUT2D eigenvalue weighted by atomic mass is 9.97. The van der Waals surface area contributed by atoms with E-state index >= 15 is 0 Å². The predicted molar refractivity (Wildman–Crippen MR) is 78.8 cm³/mol. The smallest absolute Gasteiger partial charge is 0.119 e. The second kappa shape index (κ2) is 7.08. The van der Waals surface area contributed by atoms with Crippen molar-refractivity contribution in [3.63, 3.8) is 0 Å². The SMILES string of the molecule is CCOc1ccc(C(O)c2ccccc2COC)cc1. The molecule has 3 nitrogen and oxygen atoms in total. The molecule has 0 saturated carbocycles. The molecule has 0 heterocycles. The summed E-state index contributed by atoms with van der Waals surface area (Å²) in [5.74, 6) is 0.814. The number of aliphatic hydroxyl groups excluding tert-OH is 1. The first-order valence-corrected chi connectivity index (χ1v) is 6.73. The van der Waals surface area contributed by atoms with E-state index in [-0.39, 0.29) is 0 Å². The van der Waals surface area contributed by atoms with Crippen molar-refractivity contribution in [1.82, 2.24) is 0 Å². The zero-order valence-corrected chi connectivity index (χ0v) is 11.9. The van der Waals surface area contributed by atoms with Gasteiger partial charge in [-0.15, -0.1) is 0 Å². The van der Waals surface area contributed by atoms with Gasteiger partial charge < -0.3 is 14.6 Å². The average Bonchev–Trinajstić information content (AvgIpc) is 2.49. The summed E-state index contributed by atoms with van der Waals surface area (Å²) in [7, 11) is 1.65. The summed E-state index contributed by atoms with van der Waals surface area (Å²) < 4.78 is 10.6. The third kappa shape index (κ3) is 3.38. The minimum absolute atomic E-state index is 0.490. The molecule has 1 unspecified atom stereocenters. The summed E-state index contributed by atoms with van der Waals surface area (Å²) in [6.07, 6.45) is -0.656. The number of hydrogen-bond donors (Lipinski definition) is 1. The minimum Gasteiger partial charge on any atom is -0.494 e. The van der Waals surface area contributed by atoms with Crippen LogP contribution in [0.3, 0.4) is 0 Å². The van der Waals surface area contributed by atoms with Crippen LogP contribution in [-0.2, 0) is 11.3 Å². The molecule has 0 bridgehead atoms. The van der Waals surface area contributed by atoms with Gasteiger partial charge in [-0.25, -0.2) is 0 Å². The number of ether oxygens (including phenoxy) is 2. The number of aliphatic hydroxyl groups is 1. The van der Waals surface area contributed by atoms with Crippen LogP contribution in [0, 0.1) is 0 Å². The van der Waals surface area contributed by atoms with E-state index in [0.717, 1.165) is 22.4 Å². The highest BCUT2D eigenvalue weighted by Gasteiger charge is 2.14. The molecule has 0 aliphatic rings. The molecule has 0 aliphatic heterocycles. The Morgan fingerprint density at radius 2 is 1.75 bits per heavy atom. The average molecular weight is 272 g/mol. The van der Waals surface area contributed by atoms with Crippen LogP contribution in [-0.4, -0.2) is 18.8 Å². The highest BCUT2D eigenvalue weighted by Crippen LogP contribution is 2.26. The molecule has 0 fully saturated rings. The topological polar surface area (TPSA) is 38.7 Å². The molecule has 0 spiro atoms. The Morgan fingerprint density at radius 3 is 2.40 bits per heavy atom. The van der Waals surface area contributed by atoms with E-state index < -0.39 is 6.10 Å². The monoisotopic (exact) mass is 272 g/mol. The molecule has 1 atom stereocenters. The summed E-state index contributed by atoms with van der Waals surface area (Å²) in [6.45, 7) is 3.08.